The van der Waals surface area contributed by atoms with E-state index in [0.29, 0.717) is 29.1 Å². The lowest BCUT2D eigenvalue weighted by molar-refractivity contribution is 0.189. The van der Waals surface area contributed by atoms with Gasteiger partial charge in [-0.15, -0.1) is 0 Å². The molecule has 0 radical (unpaired) electrons. The summed E-state index contributed by atoms with van der Waals surface area (Å²) in [6.45, 7) is 4.10. The zero-order chi connectivity index (χ0) is 23.0. The average Bonchev–Trinajstić information content (AvgIpc) is 2.84. The molecule has 0 saturated carbocycles. The van der Waals surface area contributed by atoms with Gasteiger partial charge in [0.2, 0.25) is 0 Å². The van der Waals surface area contributed by atoms with Crippen molar-refractivity contribution in [2.45, 2.75) is 38.6 Å². The number of hydrogen-bond acceptors (Lipinski definition) is 4. The maximum atomic E-state index is 13.3. The molecule has 1 heterocycles. The first kappa shape index (κ1) is 23.6. The third kappa shape index (κ3) is 6.47. The van der Waals surface area contributed by atoms with E-state index >= 15 is 0 Å². The maximum absolute atomic E-state index is 13.3. The summed E-state index contributed by atoms with van der Waals surface area (Å²) in [6, 6.07) is 21.3. The van der Waals surface area contributed by atoms with Crippen molar-refractivity contribution in [3.8, 4) is 11.5 Å². The Morgan fingerprint density at radius 3 is 2.52 bits per heavy atom. The molecule has 6 heteroatoms. The molecule has 0 aromatic heterocycles. The number of piperidine rings is 1. The first-order valence-corrected chi connectivity index (χ1v) is 11.7. The summed E-state index contributed by atoms with van der Waals surface area (Å²) in [5, 5.41) is 4.05. The van der Waals surface area contributed by atoms with Crippen molar-refractivity contribution >= 4 is 11.6 Å². The second-order valence-corrected chi connectivity index (χ2v) is 8.80. The molecule has 0 bridgehead atoms. The lowest BCUT2D eigenvalue weighted by Gasteiger charge is -2.32. The van der Waals surface area contributed by atoms with Crippen LogP contribution >= 0.6 is 11.6 Å². The van der Waals surface area contributed by atoms with Gasteiger partial charge in [-0.1, -0.05) is 60.1 Å². The number of likely N-dealkylation sites (tertiary alicyclic amines) is 1. The van der Waals surface area contributed by atoms with Crippen molar-refractivity contribution in [1.82, 2.24) is 10.2 Å². The second kappa shape index (κ2) is 11.5. The summed E-state index contributed by atoms with van der Waals surface area (Å²) >= 11 is 6.17. The van der Waals surface area contributed by atoms with E-state index in [2.05, 4.69) is 40.5 Å². The van der Waals surface area contributed by atoms with Gasteiger partial charge in [-0.3, -0.25) is 4.90 Å². The number of rotatable bonds is 9. The van der Waals surface area contributed by atoms with E-state index in [-0.39, 0.29) is 12.4 Å². The van der Waals surface area contributed by atoms with Crippen molar-refractivity contribution in [3.05, 3.63) is 94.3 Å². The molecular formula is C27H30ClFN2O2. The topological polar surface area (TPSA) is 33.7 Å². The van der Waals surface area contributed by atoms with Crippen LogP contribution in [0.4, 0.5) is 4.39 Å². The quantitative estimate of drug-likeness (QED) is 0.429. The van der Waals surface area contributed by atoms with Gasteiger partial charge < -0.3 is 14.8 Å². The minimum atomic E-state index is -0.360. The Labute approximate surface area is 200 Å². The van der Waals surface area contributed by atoms with Gasteiger partial charge in [0.05, 0.1) is 12.1 Å². The van der Waals surface area contributed by atoms with E-state index < -0.39 is 0 Å². The van der Waals surface area contributed by atoms with Crippen LogP contribution in [0.2, 0.25) is 5.02 Å². The van der Waals surface area contributed by atoms with E-state index in [1.165, 1.54) is 17.7 Å². The lowest BCUT2D eigenvalue weighted by atomic mass is 10.0. The first-order valence-electron chi connectivity index (χ1n) is 11.3. The fraction of sp³-hybridized carbons (Fsp3) is 0.333. The van der Waals surface area contributed by atoms with Crippen LogP contribution < -0.4 is 14.8 Å². The van der Waals surface area contributed by atoms with E-state index in [1.807, 2.05) is 18.2 Å². The van der Waals surface area contributed by atoms with Crippen molar-refractivity contribution in [3.63, 3.8) is 0 Å². The molecule has 1 saturated heterocycles. The van der Waals surface area contributed by atoms with Crippen molar-refractivity contribution in [2.24, 2.45) is 0 Å². The van der Waals surface area contributed by atoms with E-state index in [0.717, 1.165) is 43.6 Å². The van der Waals surface area contributed by atoms with Crippen LogP contribution in [0.1, 0.15) is 29.5 Å². The normalized spacial score (nSPS) is 14.9. The number of nitrogens with one attached hydrogen (secondary N) is 1. The van der Waals surface area contributed by atoms with Gasteiger partial charge in [0.15, 0.2) is 11.5 Å². The Balaban J connectivity index is 1.33. The molecule has 0 aliphatic carbocycles. The summed E-state index contributed by atoms with van der Waals surface area (Å²) in [7, 11) is 1.63. The first-order chi connectivity index (χ1) is 16.1. The largest absolute Gasteiger partial charge is 0.493 e. The number of benzene rings is 3. The number of halogens is 2. The Morgan fingerprint density at radius 1 is 1.00 bits per heavy atom. The van der Waals surface area contributed by atoms with Crippen molar-refractivity contribution < 1.29 is 13.9 Å². The molecule has 4 rings (SSSR count). The summed E-state index contributed by atoms with van der Waals surface area (Å²) < 4.78 is 25.0. The molecule has 1 aliphatic heterocycles. The Kier molecular flexibility index (Phi) is 8.21. The van der Waals surface area contributed by atoms with Gasteiger partial charge in [0, 0.05) is 30.3 Å². The molecular weight excluding hydrogens is 439 g/mol. The molecule has 0 amide bonds. The monoisotopic (exact) mass is 468 g/mol. The number of para-hydroxylation sites is 1. The van der Waals surface area contributed by atoms with Gasteiger partial charge >= 0.3 is 0 Å². The van der Waals surface area contributed by atoms with Crippen LogP contribution in [-0.2, 0) is 19.7 Å². The van der Waals surface area contributed by atoms with Crippen molar-refractivity contribution in [1.29, 1.82) is 0 Å². The van der Waals surface area contributed by atoms with Crippen LogP contribution in [-0.4, -0.2) is 31.1 Å². The number of nitrogens with zero attached hydrogens (tertiary/aromatic N) is 1. The van der Waals surface area contributed by atoms with Gasteiger partial charge in [-0.05, 0) is 49.7 Å². The van der Waals surface area contributed by atoms with E-state index in [4.69, 9.17) is 21.1 Å². The van der Waals surface area contributed by atoms with Gasteiger partial charge in [0.1, 0.15) is 12.4 Å². The number of ether oxygens (including phenoxy) is 2. The minimum Gasteiger partial charge on any atom is -0.493 e. The highest BCUT2D eigenvalue weighted by atomic mass is 35.5. The predicted octanol–water partition coefficient (Wildman–Crippen LogP) is 5.82. The Morgan fingerprint density at radius 2 is 1.79 bits per heavy atom. The maximum Gasteiger partial charge on any atom is 0.166 e. The van der Waals surface area contributed by atoms with Crippen LogP contribution in [0, 0.1) is 5.82 Å². The number of methoxy groups -OCH3 is 1. The molecule has 0 spiro atoms. The molecule has 3 aromatic carbocycles. The third-order valence-corrected chi connectivity index (χ3v) is 6.44. The zero-order valence-electron chi connectivity index (χ0n) is 18.9. The molecule has 4 nitrogen and oxygen atoms in total. The highest BCUT2D eigenvalue weighted by Gasteiger charge is 2.20. The van der Waals surface area contributed by atoms with Crippen molar-refractivity contribution in [2.75, 3.05) is 20.2 Å². The smallest absolute Gasteiger partial charge is 0.166 e. The summed E-state index contributed by atoms with van der Waals surface area (Å²) in [6.07, 6.45) is 2.22. The Hall–Kier alpha value is -2.60. The molecule has 0 atom stereocenters. The molecule has 33 heavy (non-hydrogen) atoms. The van der Waals surface area contributed by atoms with Crippen LogP contribution in [0.5, 0.6) is 11.5 Å². The molecule has 0 unspecified atom stereocenters. The van der Waals surface area contributed by atoms with Gasteiger partial charge in [-0.2, -0.15) is 0 Å². The molecule has 1 N–H and O–H groups in total. The average molecular weight is 469 g/mol. The van der Waals surface area contributed by atoms with Gasteiger partial charge in [-0.25, -0.2) is 4.39 Å². The standard InChI is InChI=1S/C27H30ClFN2O2/c1-32-26-9-5-8-21(27(26)33-19-22-10-11-23(29)16-25(22)28)17-30-24-12-14-31(15-13-24)18-20-6-3-2-4-7-20/h2-11,16,24,30H,12-15,17-19H2,1H3. The molecule has 3 aromatic rings. The predicted molar refractivity (Wildman–Crippen MR) is 130 cm³/mol. The Bertz CT molecular complexity index is 1040. The third-order valence-electron chi connectivity index (χ3n) is 6.09. The zero-order valence-corrected chi connectivity index (χ0v) is 19.7. The van der Waals surface area contributed by atoms with Gasteiger partial charge in [0.25, 0.3) is 0 Å². The van der Waals surface area contributed by atoms with Crippen LogP contribution in [0.3, 0.4) is 0 Å². The summed E-state index contributed by atoms with van der Waals surface area (Å²) in [5.74, 6) is 1.00. The van der Waals surface area contributed by atoms with E-state index in [9.17, 15) is 4.39 Å². The van der Waals surface area contributed by atoms with Crippen LogP contribution in [0.15, 0.2) is 66.7 Å². The fourth-order valence-electron chi connectivity index (χ4n) is 4.20. The summed E-state index contributed by atoms with van der Waals surface area (Å²) in [5.41, 5.74) is 3.12. The SMILES string of the molecule is COc1cccc(CNC2CCN(Cc3ccccc3)CC2)c1OCc1ccc(F)cc1Cl. The minimum absolute atomic E-state index is 0.240. The molecule has 174 valence electrons. The fourth-order valence-corrected chi connectivity index (χ4v) is 4.43. The molecule has 1 fully saturated rings. The summed E-state index contributed by atoms with van der Waals surface area (Å²) in [4.78, 5) is 2.51. The van der Waals surface area contributed by atoms with E-state index in [1.54, 1.807) is 13.2 Å². The number of hydrogen-bond donors (Lipinski definition) is 1. The lowest BCUT2D eigenvalue weighted by Crippen LogP contribution is -2.41. The highest BCUT2D eigenvalue weighted by molar-refractivity contribution is 6.31. The molecule has 1 aliphatic rings. The highest BCUT2D eigenvalue weighted by Crippen LogP contribution is 2.33. The van der Waals surface area contributed by atoms with Crippen LogP contribution in [0.25, 0.3) is 0 Å². The second-order valence-electron chi connectivity index (χ2n) is 8.39.